The van der Waals surface area contributed by atoms with Gasteiger partial charge < -0.3 is 16.0 Å². The van der Waals surface area contributed by atoms with Crippen molar-refractivity contribution in [3.8, 4) is 0 Å². The van der Waals surface area contributed by atoms with Gasteiger partial charge in [-0.15, -0.1) is 0 Å². The number of likely N-dealkylation sites (tertiary alicyclic amines) is 1. The number of benzene rings is 1. The van der Waals surface area contributed by atoms with Crippen molar-refractivity contribution in [3.05, 3.63) is 33.9 Å². The van der Waals surface area contributed by atoms with E-state index in [4.69, 9.17) is 5.73 Å². The Hall–Kier alpha value is -2.68. The van der Waals surface area contributed by atoms with Gasteiger partial charge in [0.1, 0.15) is 5.69 Å². The molecule has 1 unspecified atom stereocenters. The summed E-state index contributed by atoms with van der Waals surface area (Å²) in [5.41, 5.74) is 6.37. The van der Waals surface area contributed by atoms with Gasteiger partial charge in [0, 0.05) is 36.8 Å². The molecule has 3 fully saturated rings. The molecule has 1 atom stereocenters. The van der Waals surface area contributed by atoms with Crippen molar-refractivity contribution in [2.24, 2.45) is 5.73 Å². The lowest BCUT2D eigenvalue weighted by molar-refractivity contribution is -0.384. The Balaban J connectivity index is 1.45. The van der Waals surface area contributed by atoms with Crippen molar-refractivity contribution in [2.45, 2.75) is 56.7 Å². The average Bonchev–Trinajstić information content (AvgIpc) is 3.38. The Bertz CT molecular complexity index is 817. The molecule has 9 nitrogen and oxygen atoms in total. The maximum Gasteiger partial charge on any atom is 0.293 e. The maximum atomic E-state index is 12.2. The fourth-order valence-electron chi connectivity index (χ4n) is 4.54. The quantitative estimate of drug-likeness (QED) is 0.549. The molecule has 2 saturated heterocycles. The number of primary amides is 1. The monoisotopic (exact) mass is 401 g/mol. The van der Waals surface area contributed by atoms with Crippen LogP contribution in [0.1, 0.15) is 48.9 Å². The molecule has 0 spiro atoms. The Kier molecular flexibility index (Phi) is 5.40. The van der Waals surface area contributed by atoms with E-state index < -0.39 is 4.92 Å². The zero-order chi connectivity index (χ0) is 20.5. The predicted molar refractivity (Wildman–Crippen MR) is 108 cm³/mol. The van der Waals surface area contributed by atoms with Gasteiger partial charge in [0.15, 0.2) is 0 Å². The minimum Gasteiger partial charge on any atom is -0.368 e. The number of nitrogens with one attached hydrogen (secondary N) is 1. The highest BCUT2D eigenvalue weighted by Gasteiger charge is 2.36. The second-order valence-electron chi connectivity index (χ2n) is 8.22. The first kappa shape index (κ1) is 19.6. The summed E-state index contributed by atoms with van der Waals surface area (Å²) in [4.78, 5) is 39.4. The second kappa shape index (κ2) is 7.98. The molecule has 3 N–H and O–H groups in total. The average molecular weight is 401 g/mol. The van der Waals surface area contributed by atoms with Crippen molar-refractivity contribution in [2.75, 3.05) is 24.5 Å². The number of hydrogen-bond acceptors (Lipinski definition) is 6. The van der Waals surface area contributed by atoms with E-state index in [1.54, 1.807) is 12.1 Å². The molecule has 29 heavy (non-hydrogen) atoms. The van der Waals surface area contributed by atoms with E-state index in [0.717, 1.165) is 45.1 Å². The smallest absolute Gasteiger partial charge is 0.293 e. The molecule has 156 valence electrons. The number of nitro benzene ring substituents is 1. The molecule has 0 bridgehead atoms. The topological polar surface area (TPSA) is 122 Å². The third-order valence-electron chi connectivity index (χ3n) is 6.24. The van der Waals surface area contributed by atoms with E-state index in [9.17, 15) is 19.7 Å². The van der Waals surface area contributed by atoms with Crippen molar-refractivity contribution < 1.29 is 14.5 Å². The number of carbonyl (C=O) groups is 2. The van der Waals surface area contributed by atoms with E-state index in [1.807, 2.05) is 4.90 Å². The fourth-order valence-corrected chi connectivity index (χ4v) is 4.54. The maximum absolute atomic E-state index is 12.2. The predicted octanol–water partition coefficient (Wildman–Crippen LogP) is 1.41. The van der Waals surface area contributed by atoms with Gasteiger partial charge in [0.05, 0.1) is 11.0 Å². The lowest BCUT2D eigenvalue weighted by atomic mass is 10.0. The fraction of sp³-hybridized carbons (Fsp3) is 0.600. The first-order valence-corrected chi connectivity index (χ1v) is 10.3. The van der Waals surface area contributed by atoms with Gasteiger partial charge in [-0.25, -0.2) is 0 Å². The zero-order valence-electron chi connectivity index (χ0n) is 16.4. The van der Waals surface area contributed by atoms with Crippen LogP contribution in [0.2, 0.25) is 0 Å². The molecule has 2 amide bonds. The first-order chi connectivity index (χ1) is 13.9. The van der Waals surface area contributed by atoms with Gasteiger partial charge in [-0.1, -0.05) is 0 Å². The lowest BCUT2D eigenvalue weighted by Gasteiger charge is -2.39. The summed E-state index contributed by atoms with van der Waals surface area (Å²) < 4.78 is 0. The summed E-state index contributed by atoms with van der Waals surface area (Å²) in [5, 5.41) is 14.5. The number of amides is 2. The van der Waals surface area contributed by atoms with E-state index in [1.165, 1.54) is 6.07 Å². The second-order valence-corrected chi connectivity index (χ2v) is 8.22. The standard InChI is InChI=1S/C20H27N5O4/c21-19(26)17-2-1-9-24(17)15-7-10-23(11-8-15)16-6-3-13(12-18(16)25(28)29)20(27)22-14-4-5-14/h3,6,12,14-15,17H,1-2,4-5,7-11H2,(H2,21,26)(H,22,27). The third kappa shape index (κ3) is 4.19. The van der Waals surface area contributed by atoms with Crippen LogP contribution in [0.15, 0.2) is 18.2 Å². The number of carbonyl (C=O) groups excluding carboxylic acids is 2. The van der Waals surface area contributed by atoms with Crippen LogP contribution in [0.25, 0.3) is 0 Å². The summed E-state index contributed by atoms with van der Waals surface area (Å²) >= 11 is 0. The molecule has 4 rings (SSSR count). The molecule has 9 heteroatoms. The molecular formula is C20H27N5O4. The Morgan fingerprint density at radius 3 is 2.45 bits per heavy atom. The molecule has 0 radical (unpaired) electrons. The third-order valence-corrected chi connectivity index (χ3v) is 6.24. The van der Waals surface area contributed by atoms with Crippen molar-refractivity contribution in [1.82, 2.24) is 10.2 Å². The van der Waals surface area contributed by atoms with Crippen LogP contribution in [-0.2, 0) is 4.79 Å². The first-order valence-electron chi connectivity index (χ1n) is 10.3. The number of nitro groups is 1. The SMILES string of the molecule is NC(=O)C1CCCN1C1CCN(c2ccc(C(=O)NC3CC3)cc2[N+](=O)[O-])CC1. The van der Waals surface area contributed by atoms with Crippen molar-refractivity contribution >= 4 is 23.2 Å². The van der Waals surface area contributed by atoms with Gasteiger partial charge in [0.2, 0.25) is 5.91 Å². The molecule has 1 aromatic rings. The van der Waals surface area contributed by atoms with Crippen LogP contribution < -0.4 is 16.0 Å². The van der Waals surface area contributed by atoms with Crippen LogP contribution in [-0.4, -0.2) is 59.4 Å². The normalized spacial score (nSPS) is 23.2. The lowest BCUT2D eigenvalue weighted by Crippen LogP contribution is -2.50. The zero-order valence-corrected chi connectivity index (χ0v) is 16.4. The highest BCUT2D eigenvalue weighted by Crippen LogP contribution is 2.33. The molecule has 3 aliphatic rings. The van der Waals surface area contributed by atoms with Crippen molar-refractivity contribution in [3.63, 3.8) is 0 Å². The van der Waals surface area contributed by atoms with Crippen molar-refractivity contribution in [1.29, 1.82) is 0 Å². The summed E-state index contributed by atoms with van der Waals surface area (Å²) in [6.07, 6.45) is 5.37. The molecule has 1 saturated carbocycles. The highest BCUT2D eigenvalue weighted by atomic mass is 16.6. The van der Waals surface area contributed by atoms with Crippen LogP contribution in [0.3, 0.4) is 0 Å². The Morgan fingerprint density at radius 1 is 1.10 bits per heavy atom. The summed E-state index contributed by atoms with van der Waals surface area (Å²) in [7, 11) is 0. The highest BCUT2D eigenvalue weighted by molar-refractivity contribution is 5.96. The van der Waals surface area contributed by atoms with Gasteiger partial charge in [-0.3, -0.25) is 24.6 Å². The van der Waals surface area contributed by atoms with E-state index in [0.29, 0.717) is 24.3 Å². The Morgan fingerprint density at radius 2 is 1.83 bits per heavy atom. The summed E-state index contributed by atoms with van der Waals surface area (Å²) in [5.74, 6) is -0.520. The summed E-state index contributed by atoms with van der Waals surface area (Å²) in [6.45, 7) is 2.21. The van der Waals surface area contributed by atoms with Gasteiger partial charge in [-0.2, -0.15) is 0 Å². The number of rotatable bonds is 6. The summed E-state index contributed by atoms with van der Waals surface area (Å²) in [6, 6.07) is 5.01. The van der Waals surface area contributed by atoms with E-state index >= 15 is 0 Å². The number of hydrogen-bond donors (Lipinski definition) is 2. The molecule has 1 aliphatic carbocycles. The number of nitrogens with zero attached hydrogens (tertiary/aromatic N) is 3. The van der Waals surface area contributed by atoms with Gasteiger partial charge in [0.25, 0.3) is 11.6 Å². The minimum atomic E-state index is -0.418. The van der Waals surface area contributed by atoms with Gasteiger partial charge in [-0.05, 0) is 57.2 Å². The number of piperidine rings is 1. The van der Waals surface area contributed by atoms with E-state index in [-0.39, 0.29) is 35.6 Å². The molecule has 1 aromatic carbocycles. The molecular weight excluding hydrogens is 374 g/mol. The van der Waals surface area contributed by atoms with Crippen LogP contribution in [0.5, 0.6) is 0 Å². The largest absolute Gasteiger partial charge is 0.368 e. The van der Waals surface area contributed by atoms with Gasteiger partial charge >= 0.3 is 0 Å². The molecule has 0 aromatic heterocycles. The molecule has 2 aliphatic heterocycles. The molecule has 2 heterocycles. The Labute approximate surface area is 169 Å². The van der Waals surface area contributed by atoms with Crippen LogP contribution in [0, 0.1) is 10.1 Å². The van der Waals surface area contributed by atoms with Crippen LogP contribution in [0.4, 0.5) is 11.4 Å². The van der Waals surface area contributed by atoms with Crippen LogP contribution >= 0.6 is 0 Å². The number of anilines is 1. The van der Waals surface area contributed by atoms with E-state index in [2.05, 4.69) is 10.2 Å². The minimum absolute atomic E-state index is 0.0388. The number of nitrogens with two attached hydrogens (primary N) is 1.